The standard InChI is InChI=1S/C53H38N2/c1-3-5-20-38(4-2)53(39-21-11-7-12-22-39)46-27-16-15-25-45(46)51-47(53)33-32-44-43-31-30-41(37-29-34-48(54-35-37)36-18-9-6-10-19-36)42-26-17-28-49(50(42)43)55(52(44)51)40-23-13-8-14-24-40/h3-35H,2H2,1H3/b5-3-,38-20+. The zero-order chi connectivity index (χ0) is 36.9. The molecule has 10 rings (SSSR count). The zero-order valence-corrected chi connectivity index (χ0v) is 30.7. The number of fused-ring (bicyclic) bond motifs is 6. The second-order valence-electron chi connectivity index (χ2n) is 14.2. The van der Waals surface area contributed by atoms with Crippen LogP contribution < -0.4 is 4.90 Å². The summed E-state index contributed by atoms with van der Waals surface area (Å²) in [5, 5.41) is 2.45. The van der Waals surface area contributed by atoms with E-state index in [0.29, 0.717) is 0 Å². The van der Waals surface area contributed by atoms with E-state index < -0.39 is 5.41 Å². The summed E-state index contributed by atoms with van der Waals surface area (Å²) >= 11 is 0. The van der Waals surface area contributed by atoms with Crippen molar-refractivity contribution in [3.8, 4) is 44.6 Å². The highest BCUT2D eigenvalue weighted by atomic mass is 15.2. The Morgan fingerprint density at radius 1 is 0.600 bits per heavy atom. The number of hydrogen-bond donors (Lipinski definition) is 0. The molecule has 1 aliphatic heterocycles. The lowest BCUT2D eigenvalue weighted by Crippen LogP contribution is -2.29. The van der Waals surface area contributed by atoms with Gasteiger partial charge in [0.1, 0.15) is 0 Å². The van der Waals surface area contributed by atoms with Gasteiger partial charge in [-0.2, -0.15) is 0 Å². The SMILES string of the molecule is C=C/C(=C\C=C/C)C1(c2ccccc2)c2ccccc2-c2c1ccc1c2N(c2ccccc2)c2cccc3c(-c4ccc(-c5ccccc5)nc4)ccc-1c23. The molecule has 0 saturated heterocycles. The number of rotatable bonds is 7. The third-order valence-corrected chi connectivity index (χ3v) is 11.4. The van der Waals surface area contributed by atoms with Crippen molar-refractivity contribution in [1.82, 2.24) is 4.98 Å². The minimum Gasteiger partial charge on any atom is -0.309 e. The van der Waals surface area contributed by atoms with E-state index in [2.05, 4.69) is 200 Å². The number of para-hydroxylation sites is 1. The summed E-state index contributed by atoms with van der Waals surface area (Å²) in [5.74, 6) is 0. The maximum Gasteiger partial charge on any atom is 0.0714 e. The summed E-state index contributed by atoms with van der Waals surface area (Å²) in [7, 11) is 0. The van der Waals surface area contributed by atoms with Crippen LogP contribution in [0.5, 0.6) is 0 Å². The van der Waals surface area contributed by atoms with Gasteiger partial charge in [0.2, 0.25) is 0 Å². The monoisotopic (exact) mass is 702 g/mol. The van der Waals surface area contributed by atoms with Crippen LogP contribution in [0.1, 0.15) is 23.6 Å². The van der Waals surface area contributed by atoms with Crippen LogP contribution in [0.3, 0.4) is 0 Å². The van der Waals surface area contributed by atoms with E-state index in [0.717, 1.165) is 28.1 Å². The van der Waals surface area contributed by atoms with Crippen molar-refractivity contribution >= 4 is 27.8 Å². The van der Waals surface area contributed by atoms with E-state index >= 15 is 0 Å². The molecule has 0 fully saturated rings. The topological polar surface area (TPSA) is 16.1 Å². The normalized spacial score (nSPS) is 15.5. The molecule has 2 nitrogen and oxygen atoms in total. The third kappa shape index (κ3) is 4.85. The van der Waals surface area contributed by atoms with Crippen molar-refractivity contribution < 1.29 is 0 Å². The fourth-order valence-corrected chi connectivity index (χ4v) is 9.17. The molecule has 0 bridgehead atoms. The Labute approximate surface area is 322 Å². The number of anilines is 3. The van der Waals surface area contributed by atoms with E-state index in [9.17, 15) is 0 Å². The summed E-state index contributed by atoms with van der Waals surface area (Å²) in [4.78, 5) is 7.43. The van der Waals surface area contributed by atoms with Crippen LogP contribution in [0, 0.1) is 0 Å². The lowest BCUT2D eigenvalue weighted by Gasteiger charge is -2.37. The van der Waals surface area contributed by atoms with Gasteiger partial charge >= 0.3 is 0 Å². The summed E-state index contributed by atoms with van der Waals surface area (Å²) in [6.45, 7) is 6.48. The first-order valence-electron chi connectivity index (χ1n) is 19.0. The third-order valence-electron chi connectivity index (χ3n) is 11.4. The van der Waals surface area contributed by atoms with Crippen molar-refractivity contribution in [3.63, 3.8) is 0 Å². The molecule has 1 aliphatic carbocycles. The van der Waals surface area contributed by atoms with Crippen LogP contribution in [0.25, 0.3) is 55.4 Å². The highest BCUT2D eigenvalue weighted by molar-refractivity contribution is 6.20. The smallest absolute Gasteiger partial charge is 0.0714 e. The van der Waals surface area contributed by atoms with Gasteiger partial charge in [-0.1, -0.05) is 176 Å². The predicted octanol–water partition coefficient (Wildman–Crippen LogP) is 14.0. The highest BCUT2D eigenvalue weighted by Gasteiger charge is 2.48. The second-order valence-corrected chi connectivity index (χ2v) is 14.2. The molecule has 0 spiro atoms. The van der Waals surface area contributed by atoms with Crippen LogP contribution >= 0.6 is 0 Å². The highest BCUT2D eigenvalue weighted by Crippen LogP contribution is 2.63. The maximum absolute atomic E-state index is 4.92. The minimum atomic E-state index is -0.569. The van der Waals surface area contributed by atoms with Gasteiger partial charge in [-0.05, 0) is 75.5 Å². The van der Waals surface area contributed by atoms with Gasteiger partial charge in [-0.3, -0.25) is 4.98 Å². The van der Waals surface area contributed by atoms with E-state index in [4.69, 9.17) is 4.98 Å². The number of allylic oxidation sites excluding steroid dienone is 5. The van der Waals surface area contributed by atoms with E-state index in [1.54, 1.807) is 0 Å². The van der Waals surface area contributed by atoms with E-state index in [1.807, 2.05) is 18.3 Å². The molecular formula is C53H38N2. The molecule has 0 N–H and O–H groups in total. The Hall–Kier alpha value is -7.03. The largest absolute Gasteiger partial charge is 0.309 e. The van der Waals surface area contributed by atoms with E-state index in [-0.39, 0.29) is 0 Å². The van der Waals surface area contributed by atoms with Crippen molar-refractivity contribution in [2.45, 2.75) is 12.3 Å². The van der Waals surface area contributed by atoms with Crippen molar-refractivity contribution in [3.05, 3.63) is 229 Å². The molecule has 8 aromatic rings. The first-order valence-corrected chi connectivity index (χ1v) is 19.0. The van der Waals surface area contributed by atoms with Crippen molar-refractivity contribution in [2.75, 3.05) is 4.90 Å². The Kier molecular flexibility index (Phi) is 7.78. The number of pyridine rings is 1. The summed E-state index contributed by atoms with van der Waals surface area (Å²) in [5.41, 5.74) is 17.1. The molecule has 2 aliphatic rings. The summed E-state index contributed by atoms with van der Waals surface area (Å²) in [6.07, 6.45) is 10.5. The number of benzene rings is 7. The van der Waals surface area contributed by atoms with Crippen LogP contribution in [0.2, 0.25) is 0 Å². The van der Waals surface area contributed by atoms with Gasteiger partial charge in [0.25, 0.3) is 0 Å². The maximum atomic E-state index is 4.92. The number of aromatic nitrogens is 1. The average Bonchev–Trinajstić information content (AvgIpc) is 3.56. The van der Waals surface area contributed by atoms with Gasteiger partial charge in [0, 0.05) is 39.5 Å². The lowest BCUT2D eigenvalue weighted by atomic mass is 9.66. The molecule has 7 aromatic carbocycles. The van der Waals surface area contributed by atoms with Gasteiger partial charge < -0.3 is 4.90 Å². The quantitative estimate of drug-likeness (QED) is 0.154. The first kappa shape index (κ1) is 32.6. The predicted molar refractivity (Wildman–Crippen MR) is 231 cm³/mol. The van der Waals surface area contributed by atoms with Crippen LogP contribution in [0.4, 0.5) is 17.1 Å². The van der Waals surface area contributed by atoms with Gasteiger partial charge in [0.05, 0.1) is 22.5 Å². The molecule has 260 valence electrons. The fraction of sp³-hybridized carbons (Fsp3) is 0.0377. The molecule has 1 atom stereocenters. The second kappa shape index (κ2) is 13.1. The number of nitrogens with zero attached hydrogens (tertiary/aromatic N) is 2. The summed E-state index contributed by atoms with van der Waals surface area (Å²) in [6, 6.07) is 61.6. The van der Waals surface area contributed by atoms with Crippen molar-refractivity contribution in [1.29, 1.82) is 0 Å². The Morgan fingerprint density at radius 3 is 2.05 bits per heavy atom. The Morgan fingerprint density at radius 2 is 1.31 bits per heavy atom. The zero-order valence-electron chi connectivity index (χ0n) is 30.7. The Bertz CT molecular complexity index is 2810. The van der Waals surface area contributed by atoms with Crippen molar-refractivity contribution in [2.24, 2.45) is 0 Å². The number of hydrogen-bond acceptors (Lipinski definition) is 2. The minimum absolute atomic E-state index is 0.569. The molecule has 0 saturated carbocycles. The van der Waals surface area contributed by atoms with Gasteiger partial charge in [-0.15, -0.1) is 0 Å². The Balaban J connectivity index is 1.28. The van der Waals surface area contributed by atoms with Gasteiger partial charge in [-0.25, -0.2) is 0 Å². The molecule has 2 heterocycles. The lowest BCUT2D eigenvalue weighted by molar-refractivity contribution is 0.767. The molecule has 1 unspecified atom stereocenters. The molecule has 0 radical (unpaired) electrons. The molecule has 2 heteroatoms. The molecular weight excluding hydrogens is 665 g/mol. The first-order chi connectivity index (χ1) is 27.2. The van der Waals surface area contributed by atoms with Crippen LogP contribution in [-0.2, 0) is 5.41 Å². The fourth-order valence-electron chi connectivity index (χ4n) is 9.17. The molecule has 1 aromatic heterocycles. The van der Waals surface area contributed by atoms with Gasteiger partial charge in [0.15, 0.2) is 0 Å². The average molecular weight is 703 g/mol. The molecule has 55 heavy (non-hydrogen) atoms. The van der Waals surface area contributed by atoms with Crippen LogP contribution in [-0.4, -0.2) is 4.98 Å². The summed E-state index contributed by atoms with van der Waals surface area (Å²) < 4.78 is 0. The molecule has 0 amide bonds. The van der Waals surface area contributed by atoms with E-state index in [1.165, 1.54) is 66.7 Å². The van der Waals surface area contributed by atoms with Crippen LogP contribution in [0.15, 0.2) is 213 Å².